The minimum Gasteiger partial charge on any atom is -0.462 e. The minimum absolute atomic E-state index is 0.0240. The zero-order valence-electron chi connectivity index (χ0n) is 11.6. The lowest BCUT2D eigenvalue weighted by Crippen LogP contribution is -2.15. The van der Waals surface area contributed by atoms with Crippen LogP contribution in [0.4, 0.5) is 0 Å². The molecule has 1 aromatic rings. The minimum atomic E-state index is -0.337. The molecule has 3 nitrogen and oxygen atoms in total. The number of hydrogen-bond donors (Lipinski definition) is 1. The zero-order valence-corrected chi connectivity index (χ0v) is 11.6. The summed E-state index contributed by atoms with van der Waals surface area (Å²) in [4.78, 5) is 11.7. The van der Waals surface area contributed by atoms with Crippen LogP contribution >= 0.6 is 0 Å². The molecule has 0 bridgehead atoms. The molecular formula is C15H22O3. The van der Waals surface area contributed by atoms with Crippen LogP contribution in [-0.4, -0.2) is 24.3 Å². The second kappa shape index (κ2) is 6.01. The fraction of sp³-hybridized carbons (Fsp3) is 0.533. The second-order valence-corrected chi connectivity index (χ2v) is 5.71. The molecule has 0 amide bonds. The second-order valence-electron chi connectivity index (χ2n) is 5.71. The van der Waals surface area contributed by atoms with E-state index in [-0.39, 0.29) is 30.5 Å². The van der Waals surface area contributed by atoms with Gasteiger partial charge in [0.05, 0.1) is 12.2 Å². The third kappa shape index (κ3) is 4.15. The van der Waals surface area contributed by atoms with Gasteiger partial charge in [-0.25, -0.2) is 4.79 Å². The monoisotopic (exact) mass is 250 g/mol. The van der Waals surface area contributed by atoms with Crippen molar-refractivity contribution < 1.29 is 14.6 Å². The summed E-state index contributed by atoms with van der Waals surface area (Å²) >= 11 is 0. The van der Waals surface area contributed by atoms with Crippen LogP contribution in [0, 0.1) is 5.92 Å². The van der Waals surface area contributed by atoms with Gasteiger partial charge in [0.2, 0.25) is 0 Å². The summed E-state index contributed by atoms with van der Waals surface area (Å²) in [5.41, 5.74) is 1.81. The van der Waals surface area contributed by atoms with Gasteiger partial charge in [0.15, 0.2) is 0 Å². The lowest BCUT2D eigenvalue weighted by Gasteiger charge is -2.19. The van der Waals surface area contributed by atoms with E-state index in [0.29, 0.717) is 5.56 Å². The van der Waals surface area contributed by atoms with Gasteiger partial charge in [0.25, 0.3) is 0 Å². The molecular weight excluding hydrogens is 228 g/mol. The summed E-state index contributed by atoms with van der Waals surface area (Å²) in [6.45, 7) is 8.48. The molecule has 0 fully saturated rings. The van der Waals surface area contributed by atoms with Crippen LogP contribution < -0.4 is 0 Å². The highest BCUT2D eigenvalue weighted by molar-refractivity contribution is 5.89. The maximum absolute atomic E-state index is 11.7. The van der Waals surface area contributed by atoms with E-state index < -0.39 is 0 Å². The summed E-state index contributed by atoms with van der Waals surface area (Å²) in [6.07, 6.45) is 0. The van der Waals surface area contributed by atoms with Gasteiger partial charge in [-0.2, -0.15) is 0 Å². The van der Waals surface area contributed by atoms with Crippen LogP contribution in [0.3, 0.4) is 0 Å². The van der Waals surface area contributed by atoms with E-state index in [1.807, 2.05) is 19.1 Å². The van der Waals surface area contributed by atoms with Gasteiger partial charge in [-0.05, 0) is 23.1 Å². The van der Waals surface area contributed by atoms with Gasteiger partial charge < -0.3 is 9.84 Å². The van der Waals surface area contributed by atoms with Crippen molar-refractivity contribution in [1.29, 1.82) is 0 Å². The lowest BCUT2D eigenvalue weighted by atomic mass is 9.87. The van der Waals surface area contributed by atoms with Crippen LogP contribution in [0.5, 0.6) is 0 Å². The molecule has 1 atom stereocenters. The normalized spacial score (nSPS) is 13.2. The van der Waals surface area contributed by atoms with E-state index in [1.165, 1.54) is 5.56 Å². The molecule has 3 heteroatoms. The summed E-state index contributed by atoms with van der Waals surface area (Å²) < 4.78 is 5.11. The maximum atomic E-state index is 11.7. The number of benzene rings is 1. The largest absolute Gasteiger partial charge is 0.462 e. The van der Waals surface area contributed by atoms with Crippen molar-refractivity contribution in [3.05, 3.63) is 35.4 Å². The van der Waals surface area contributed by atoms with E-state index in [2.05, 4.69) is 20.8 Å². The molecule has 0 aliphatic rings. The number of esters is 1. The Hall–Kier alpha value is -1.35. The standard InChI is InChI=1S/C15H22O3/c1-11(9-16)10-18-14(17)12-5-7-13(8-6-12)15(2,3)4/h5-8,11,16H,9-10H2,1-4H3/t11-/m1/s1. The molecule has 0 aliphatic carbocycles. The maximum Gasteiger partial charge on any atom is 0.338 e. The van der Waals surface area contributed by atoms with Crippen molar-refractivity contribution in [3.8, 4) is 0 Å². The molecule has 0 spiro atoms. The third-order valence-corrected chi connectivity index (χ3v) is 2.80. The Labute approximate surface area is 109 Å². The van der Waals surface area contributed by atoms with Crippen LogP contribution in [0.1, 0.15) is 43.6 Å². The van der Waals surface area contributed by atoms with Gasteiger partial charge in [-0.1, -0.05) is 39.8 Å². The molecule has 1 N–H and O–H groups in total. The van der Waals surface area contributed by atoms with Crippen molar-refractivity contribution in [3.63, 3.8) is 0 Å². The predicted octanol–water partition coefficient (Wildman–Crippen LogP) is 2.77. The van der Waals surface area contributed by atoms with Crippen LogP contribution in [0.15, 0.2) is 24.3 Å². The number of ether oxygens (including phenoxy) is 1. The quantitative estimate of drug-likeness (QED) is 0.836. The molecule has 0 heterocycles. The number of hydrogen-bond acceptors (Lipinski definition) is 3. The average molecular weight is 250 g/mol. The van der Waals surface area contributed by atoms with E-state index in [9.17, 15) is 4.79 Å². The molecule has 18 heavy (non-hydrogen) atoms. The number of rotatable bonds is 4. The van der Waals surface area contributed by atoms with Gasteiger partial charge >= 0.3 is 5.97 Å². The Morgan fingerprint density at radius 2 is 1.83 bits per heavy atom. The van der Waals surface area contributed by atoms with Crippen molar-refractivity contribution in [2.24, 2.45) is 5.92 Å². The van der Waals surface area contributed by atoms with Gasteiger partial charge in [-0.3, -0.25) is 0 Å². The van der Waals surface area contributed by atoms with Crippen LogP contribution in [0.25, 0.3) is 0 Å². The molecule has 0 aliphatic heterocycles. The number of aliphatic hydroxyl groups excluding tert-OH is 1. The van der Waals surface area contributed by atoms with E-state index in [0.717, 1.165) is 0 Å². The van der Waals surface area contributed by atoms with Crippen LogP contribution in [0.2, 0.25) is 0 Å². The first kappa shape index (κ1) is 14.7. The molecule has 1 aromatic carbocycles. The Kier molecular flexibility index (Phi) is 4.91. The van der Waals surface area contributed by atoms with Gasteiger partial charge in [-0.15, -0.1) is 0 Å². The van der Waals surface area contributed by atoms with Gasteiger partial charge in [0, 0.05) is 12.5 Å². The number of carbonyl (C=O) groups excluding carboxylic acids is 1. The Balaban J connectivity index is 2.65. The predicted molar refractivity (Wildman–Crippen MR) is 71.7 cm³/mol. The van der Waals surface area contributed by atoms with E-state index in [1.54, 1.807) is 12.1 Å². The van der Waals surface area contributed by atoms with Gasteiger partial charge in [0.1, 0.15) is 0 Å². The van der Waals surface area contributed by atoms with E-state index in [4.69, 9.17) is 9.84 Å². The SMILES string of the molecule is C[C@H](CO)COC(=O)c1ccc(C(C)(C)C)cc1. The summed E-state index contributed by atoms with van der Waals surface area (Å²) in [5, 5.41) is 8.85. The molecule has 0 saturated carbocycles. The first-order chi connectivity index (χ1) is 8.34. The number of aliphatic hydroxyl groups is 1. The van der Waals surface area contributed by atoms with Crippen molar-refractivity contribution in [2.75, 3.05) is 13.2 Å². The highest BCUT2D eigenvalue weighted by atomic mass is 16.5. The topological polar surface area (TPSA) is 46.5 Å². The Morgan fingerprint density at radius 1 is 1.28 bits per heavy atom. The zero-order chi connectivity index (χ0) is 13.8. The third-order valence-electron chi connectivity index (χ3n) is 2.80. The first-order valence-corrected chi connectivity index (χ1v) is 6.23. The van der Waals surface area contributed by atoms with Crippen molar-refractivity contribution >= 4 is 5.97 Å². The van der Waals surface area contributed by atoms with Crippen molar-refractivity contribution in [2.45, 2.75) is 33.1 Å². The summed E-state index contributed by atoms with van der Waals surface area (Å²) in [6, 6.07) is 7.47. The fourth-order valence-corrected chi connectivity index (χ4v) is 1.46. The average Bonchev–Trinajstić information content (AvgIpc) is 2.34. The smallest absolute Gasteiger partial charge is 0.338 e. The molecule has 0 saturated heterocycles. The molecule has 1 rings (SSSR count). The molecule has 0 aromatic heterocycles. The summed E-state index contributed by atoms with van der Waals surface area (Å²) in [5.74, 6) is -0.362. The van der Waals surface area contributed by atoms with Crippen LogP contribution in [-0.2, 0) is 10.2 Å². The first-order valence-electron chi connectivity index (χ1n) is 6.23. The summed E-state index contributed by atoms with van der Waals surface area (Å²) in [7, 11) is 0. The molecule has 100 valence electrons. The lowest BCUT2D eigenvalue weighted by molar-refractivity contribution is 0.0405. The highest BCUT2D eigenvalue weighted by Crippen LogP contribution is 2.22. The number of carbonyl (C=O) groups is 1. The van der Waals surface area contributed by atoms with E-state index >= 15 is 0 Å². The molecule has 0 unspecified atom stereocenters. The highest BCUT2D eigenvalue weighted by Gasteiger charge is 2.15. The van der Waals surface area contributed by atoms with Crippen molar-refractivity contribution in [1.82, 2.24) is 0 Å². The Morgan fingerprint density at radius 3 is 2.28 bits per heavy atom. The molecule has 0 radical (unpaired) electrons. The Bertz CT molecular complexity index is 387. The fourth-order valence-electron chi connectivity index (χ4n) is 1.46.